The Balaban J connectivity index is 2.25. The van der Waals surface area contributed by atoms with Crippen LogP contribution in [0.2, 0.25) is 0 Å². The van der Waals surface area contributed by atoms with Gasteiger partial charge in [-0.3, -0.25) is 0 Å². The quantitative estimate of drug-likeness (QED) is 0.786. The van der Waals surface area contributed by atoms with Gasteiger partial charge in [-0.25, -0.2) is 13.1 Å². The van der Waals surface area contributed by atoms with E-state index in [1.807, 2.05) is 0 Å². The lowest BCUT2D eigenvalue weighted by Crippen LogP contribution is -2.44. The van der Waals surface area contributed by atoms with Crippen LogP contribution in [0.4, 0.5) is 0 Å². The molecule has 0 aromatic rings. The van der Waals surface area contributed by atoms with Crippen molar-refractivity contribution < 1.29 is 8.42 Å². The zero-order chi connectivity index (χ0) is 11.0. The molecule has 0 aromatic heterocycles. The fraction of sp³-hybridized carbons (Fsp3) is 1.00. The Morgan fingerprint density at radius 3 is 2.14 bits per heavy atom. The van der Waals surface area contributed by atoms with Gasteiger partial charge in [0.25, 0.3) is 0 Å². The second-order valence-corrected chi connectivity index (χ2v) is 7.47. The zero-order valence-electron chi connectivity index (χ0n) is 9.50. The van der Waals surface area contributed by atoms with Gasteiger partial charge in [-0.2, -0.15) is 0 Å². The first-order chi connectivity index (χ1) is 6.16. The molecule has 1 aliphatic rings. The van der Waals surface area contributed by atoms with E-state index < -0.39 is 10.0 Å². The highest BCUT2D eigenvalue weighted by Crippen LogP contribution is 2.37. The summed E-state index contributed by atoms with van der Waals surface area (Å²) in [4.78, 5) is 0. The topological polar surface area (TPSA) is 46.2 Å². The third-order valence-electron chi connectivity index (χ3n) is 2.52. The minimum atomic E-state index is -3.00. The summed E-state index contributed by atoms with van der Waals surface area (Å²) >= 11 is 0. The predicted molar refractivity (Wildman–Crippen MR) is 58.6 cm³/mol. The maximum absolute atomic E-state index is 10.9. The van der Waals surface area contributed by atoms with Crippen LogP contribution in [0.1, 0.15) is 40.0 Å². The first-order valence-electron chi connectivity index (χ1n) is 5.13. The van der Waals surface area contributed by atoms with E-state index in [9.17, 15) is 8.42 Å². The first kappa shape index (κ1) is 12.0. The molecular formula is C10H21NO2S. The molecule has 0 aromatic carbocycles. The fourth-order valence-corrected chi connectivity index (χ4v) is 2.97. The Kier molecular flexibility index (Phi) is 3.26. The lowest BCUT2D eigenvalue weighted by atomic mass is 9.72. The normalized spacial score (nSPS) is 28.6. The van der Waals surface area contributed by atoms with E-state index in [1.165, 1.54) is 12.7 Å². The maximum Gasteiger partial charge on any atom is 0.208 e. The van der Waals surface area contributed by atoms with Crippen LogP contribution in [0, 0.1) is 11.3 Å². The molecule has 0 heterocycles. The molecule has 0 atom stereocenters. The zero-order valence-corrected chi connectivity index (χ0v) is 10.3. The van der Waals surface area contributed by atoms with Gasteiger partial charge in [0.2, 0.25) is 10.0 Å². The molecule has 14 heavy (non-hydrogen) atoms. The van der Waals surface area contributed by atoms with Gasteiger partial charge in [0.05, 0.1) is 6.26 Å². The van der Waals surface area contributed by atoms with Crippen LogP contribution in [0.15, 0.2) is 0 Å². The van der Waals surface area contributed by atoms with Crippen molar-refractivity contribution in [3.63, 3.8) is 0 Å². The van der Waals surface area contributed by atoms with Gasteiger partial charge < -0.3 is 0 Å². The highest BCUT2D eigenvalue weighted by molar-refractivity contribution is 7.88. The van der Waals surface area contributed by atoms with Crippen molar-refractivity contribution in [1.29, 1.82) is 0 Å². The van der Waals surface area contributed by atoms with E-state index in [-0.39, 0.29) is 6.04 Å². The molecule has 0 amide bonds. The summed E-state index contributed by atoms with van der Waals surface area (Å²) in [5.74, 6) is 0.703. The van der Waals surface area contributed by atoms with Crippen LogP contribution in [0.5, 0.6) is 0 Å². The Morgan fingerprint density at radius 1 is 1.29 bits per heavy atom. The molecule has 3 nitrogen and oxygen atoms in total. The van der Waals surface area contributed by atoms with Gasteiger partial charge in [0.1, 0.15) is 0 Å². The molecule has 0 radical (unpaired) electrons. The number of nitrogens with one attached hydrogen (secondary N) is 1. The summed E-state index contributed by atoms with van der Waals surface area (Å²) in [7, 11) is -3.00. The van der Waals surface area contributed by atoms with Gasteiger partial charge in [-0.05, 0) is 30.6 Å². The largest absolute Gasteiger partial charge is 0.213 e. The lowest BCUT2D eigenvalue weighted by molar-refractivity contribution is 0.173. The third-order valence-corrected chi connectivity index (χ3v) is 3.28. The monoisotopic (exact) mass is 219 g/mol. The molecule has 0 spiro atoms. The molecule has 0 bridgehead atoms. The Labute approximate surface area is 87.3 Å². The van der Waals surface area contributed by atoms with Crippen molar-refractivity contribution in [1.82, 2.24) is 4.72 Å². The summed E-state index contributed by atoms with van der Waals surface area (Å²) in [5.41, 5.74) is 0.362. The minimum Gasteiger partial charge on any atom is -0.213 e. The van der Waals surface area contributed by atoms with E-state index in [0.717, 1.165) is 12.8 Å². The number of hydrogen-bond donors (Lipinski definition) is 1. The van der Waals surface area contributed by atoms with Crippen molar-refractivity contribution in [2.75, 3.05) is 6.26 Å². The van der Waals surface area contributed by atoms with Crippen molar-refractivity contribution >= 4 is 10.0 Å². The Hall–Kier alpha value is -0.0900. The fourth-order valence-electron chi connectivity index (χ4n) is 2.17. The molecule has 1 aliphatic carbocycles. The maximum atomic E-state index is 10.9. The van der Waals surface area contributed by atoms with Crippen LogP contribution in [0.25, 0.3) is 0 Å². The summed E-state index contributed by atoms with van der Waals surface area (Å²) in [6.07, 6.45) is 4.42. The van der Waals surface area contributed by atoms with E-state index in [0.29, 0.717) is 11.3 Å². The summed E-state index contributed by atoms with van der Waals surface area (Å²) in [6, 6.07) is 0.192. The molecule has 1 rings (SSSR count). The molecule has 1 N–H and O–H groups in total. The molecular weight excluding hydrogens is 198 g/mol. The van der Waals surface area contributed by atoms with Crippen molar-refractivity contribution in [2.24, 2.45) is 11.3 Å². The van der Waals surface area contributed by atoms with E-state index >= 15 is 0 Å². The van der Waals surface area contributed by atoms with Crippen LogP contribution in [-0.2, 0) is 10.0 Å². The predicted octanol–water partition coefficient (Wildman–Crippen LogP) is 1.75. The standard InChI is InChI=1S/C10H21NO2S/c1-10(2,3)7-8-5-9(6-8)11-14(4,12)13/h8-9,11H,5-7H2,1-4H3/t8-,9-. The SMILES string of the molecule is CC(C)(C)C[C@H]1C[C@H](NS(C)(=O)=O)C1. The lowest BCUT2D eigenvalue weighted by Gasteiger charge is -2.38. The third kappa shape index (κ3) is 4.42. The van der Waals surface area contributed by atoms with Crippen LogP contribution in [-0.4, -0.2) is 20.7 Å². The average molecular weight is 219 g/mol. The second kappa shape index (κ2) is 3.81. The number of hydrogen-bond acceptors (Lipinski definition) is 2. The smallest absolute Gasteiger partial charge is 0.208 e. The van der Waals surface area contributed by atoms with E-state index in [2.05, 4.69) is 25.5 Å². The highest BCUT2D eigenvalue weighted by atomic mass is 32.2. The van der Waals surface area contributed by atoms with Crippen LogP contribution >= 0.6 is 0 Å². The summed E-state index contributed by atoms with van der Waals surface area (Å²) < 4.78 is 24.5. The van der Waals surface area contributed by atoms with E-state index in [1.54, 1.807) is 0 Å². The Morgan fingerprint density at radius 2 is 1.79 bits per heavy atom. The van der Waals surface area contributed by atoms with Crippen molar-refractivity contribution in [3.8, 4) is 0 Å². The minimum absolute atomic E-state index is 0.192. The first-order valence-corrected chi connectivity index (χ1v) is 7.02. The molecule has 0 aliphatic heterocycles. The second-order valence-electron chi connectivity index (χ2n) is 5.69. The molecule has 4 heteroatoms. The van der Waals surface area contributed by atoms with Gasteiger partial charge in [0.15, 0.2) is 0 Å². The Bertz CT molecular complexity index is 284. The van der Waals surface area contributed by atoms with Crippen molar-refractivity contribution in [3.05, 3.63) is 0 Å². The van der Waals surface area contributed by atoms with Gasteiger partial charge in [-0.1, -0.05) is 20.8 Å². The van der Waals surface area contributed by atoms with Gasteiger partial charge in [-0.15, -0.1) is 0 Å². The molecule has 0 unspecified atom stereocenters. The average Bonchev–Trinajstić information content (AvgIpc) is 1.75. The molecule has 84 valence electrons. The van der Waals surface area contributed by atoms with E-state index in [4.69, 9.17) is 0 Å². The number of sulfonamides is 1. The molecule has 1 fully saturated rings. The molecule has 0 saturated heterocycles. The molecule has 1 saturated carbocycles. The summed E-state index contributed by atoms with van der Waals surface area (Å²) in [5, 5.41) is 0. The van der Waals surface area contributed by atoms with Crippen LogP contribution in [0.3, 0.4) is 0 Å². The van der Waals surface area contributed by atoms with Gasteiger partial charge >= 0.3 is 0 Å². The van der Waals surface area contributed by atoms with Crippen LogP contribution < -0.4 is 4.72 Å². The highest BCUT2D eigenvalue weighted by Gasteiger charge is 2.33. The summed E-state index contributed by atoms with van der Waals surface area (Å²) in [6.45, 7) is 6.68. The number of rotatable bonds is 3. The van der Waals surface area contributed by atoms with Crippen molar-refractivity contribution in [2.45, 2.75) is 46.1 Å². The van der Waals surface area contributed by atoms with Gasteiger partial charge in [0, 0.05) is 6.04 Å².